The smallest absolute Gasteiger partial charge is 0.328 e. The molecule has 4 rings (SSSR count). The van der Waals surface area contributed by atoms with Gasteiger partial charge in [0.1, 0.15) is 0 Å². The Morgan fingerprint density at radius 1 is 1.35 bits per heavy atom. The number of hydrogen-bond donors (Lipinski definition) is 2. The van der Waals surface area contributed by atoms with Crippen molar-refractivity contribution < 1.29 is 24.2 Å². The number of nitrogens with one attached hydrogen (secondary N) is 1. The number of amides is 4. The van der Waals surface area contributed by atoms with Crippen LogP contribution in [0, 0.1) is 11.3 Å². The first kappa shape index (κ1) is 17.0. The molecule has 0 saturated carbocycles. The molecule has 3 aliphatic heterocycles. The van der Waals surface area contributed by atoms with Gasteiger partial charge in [-0.25, -0.2) is 4.79 Å². The zero-order valence-corrected chi connectivity index (χ0v) is 14.3. The number of carbonyl (C=O) groups is 3. The summed E-state index contributed by atoms with van der Waals surface area (Å²) in [4.78, 5) is 39.9. The van der Waals surface area contributed by atoms with E-state index in [-0.39, 0.29) is 42.7 Å². The van der Waals surface area contributed by atoms with Gasteiger partial charge < -0.3 is 14.7 Å². The standard InChI is InChI=1S/C18H21N3O5/c22-10-18-9-20(7-12(18)8-26-11-18)16(24)13-3-1-2-4-14(13)21-6-5-15(23)19-17(21)25/h1-4,12,22H,5-11H2,(H,19,23,25)/t12-,18-/m0/s1. The summed E-state index contributed by atoms with van der Waals surface area (Å²) < 4.78 is 5.49. The molecule has 138 valence electrons. The number of carbonyl (C=O) groups excluding carboxylic acids is 3. The van der Waals surface area contributed by atoms with Crippen LogP contribution < -0.4 is 10.2 Å². The predicted molar refractivity (Wildman–Crippen MR) is 91.7 cm³/mol. The molecule has 2 N–H and O–H groups in total. The van der Waals surface area contributed by atoms with Crippen molar-refractivity contribution in [3.8, 4) is 0 Å². The van der Waals surface area contributed by atoms with Crippen molar-refractivity contribution in [1.29, 1.82) is 0 Å². The number of imide groups is 1. The van der Waals surface area contributed by atoms with E-state index in [0.29, 0.717) is 37.6 Å². The highest BCUT2D eigenvalue weighted by Crippen LogP contribution is 2.41. The molecule has 8 nitrogen and oxygen atoms in total. The first-order chi connectivity index (χ1) is 12.5. The van der Waals surface area contributed by atoms with Crippen LogP contribution in [0.15, 0.2) is 24.3 Å². The van der Waals surface area contributed by atoms with E-state index in [4.69, 9.17) is 4.74 Å². The second-order valence-corrected chi connectivity index (χ2v) is 7.19. The number of anilines is 1. The number of benzene rings is 1. The monoisotopic (exact) mass is 359 g/mol. The zero-order valence-electron chi connectivity index (χ0n) is 14.3. The SMILES string of the molecule is O=C1CCN(c2ccccc2C(=O)N2C[C@H]3COC[C@@]3(CO)C2)C(=O)N1. The molecular weight excluding hydrogens is 338 g/mol. The molecule has 0 radical (unpaired) electrons. The van der Waals surface area contributed by atoms with Gasteiger partial charge in [0.25, 0.3) is 5.91 Å². The molecule has 8 heteroatoms. The highest BCUT2D eigenvalue weighted by molar-refractivity contribution is 6.09. The largest absolute Gasteiger partial charge is 0.396 e. The number of para-hydroxylation sites is 1. The summed E-state index contributed by atoms with van der Waals surface area (Å²) >= 11 is 0. The quantitative estimate of drug-likeness (QED) is 0.804. The maximum atomic E-state index is 13.1. The summed E-state index contributed by atoms with van der Waals surface area (Å²) in [7, 11) is 0. The normalized spacial score (nSPS) is 28.3. The van der Waals surface area contributed by atoms with Gasteiger partial charge in [0.05, 0.1) is 31.1 Å². The topological polar surface area (TPSA) is 99.2 Å². The summed E-state index contributed by atoms with van der Waals surface area (Å²) in [6, 6.07) is 6.41. The lowest BCUT2D eigenvalue weighted by Crippen LogP contribution is -2.50. The van der Waals surface area contributed by atoms with E-state index >= 15 is 0 Å². The third-order valence-electron chi connectivity index (χ3n) is 5.60. The van der Waals surface area contributed by atoms with Gasteiger partial charge in [-0.3, -0.25) is 19.8 Å². The summed E-state index contributed by atoms with van der Waals surface area (Å²) in [5, 5.41) is 12.1. The minimum atomic E-state index is -0.514. The Kier molecular flexibility index (Phi) is 4.16. The second kappa shape index (κ2) is 6.37. The van der Waals surface area contributed by atoms with Gasteiger partial charge in [-0.1, -0.05) is 12.1 Å². The minimum Gasteiger partial charge on any atom is -0.396 e. The number of hydrogen-bond acceptors (Lipinski definition) is 5. The Labute approximate surface area is 150 Å². The van der Waals surface area contributed by atoms with Crippen molar-refractivity contribution >= 4 is 23.5 Å². The van der Waals surface area contributed by atoms with Crippen LogP contribution in [0.25, 0.3) is 0 Å². The third kappa shape index (κ3) is 2.65. The lowest BCUT2D eigenvalue weighted by molar-refractivity contribution is -0.120. The van der Waals surface area contributed by atoms with Crippen LogP contribution >= 0.6 is 0 Å². The van der Waals surface area contributed by atoms with E-state index in [1.807, 2.05) is 0 Å². The maximum Gasteiger partial charge on any atom is 0.328 e. The minimum absolute atomic E-state index is 0.0142. The Bertz CT molecular complexity index is 767. The number of urea groups is 1. The van der Waals surface area contributed by atoms with Gasteiger partial charge in [-0.2, -0.15) is 0 Å². The van der Waals surface area contributed by atoms with Gasteiger partial charge in [0.2, 0.25) is 5.91 Å². The molecular formula is C18H21N3O5. The average Bonchev–Trinajstić information content (AvgIpc) is 3.19. The van der Waals surface area contributed by atoms with E-state index in [1.54, 1.807) is 29.2 Å². The summed E-state index contributed by atoms with van der Waals surface area (Å²) in [6.45, 7) is 2.19. The molecule has 0 aromatic heterocycles. The number of rotatable bonds is 3. The van der Waals surface area contributed by atoms with E-state index in [0.717, 1.165) is 0 Å². The molecule has 3 heterocycles. The second-order valence-electron chi connectivity index (χ2n) is 7.19. The van der Waals surface area contributed by atoms with Crippen LogP contribution in [0.4, 0.5) is 10.5 Å². The third-order valence-corrected chi connectivity index (χ3v) is 5.60. The summed E-state index contributed by atoms with van der Waals surface area (Å²) in [6.07, 6.45) is 0.199. The van der Waals surface area contributed by atoms with E-state index < -0.39 is 6.03 Å². The number of likely N-dealkylation sites (tertiary alicyclic amines) is 1. The van der Waals surface area contributed by atoms with Crippen molar-refractivity contribution in [2.75, 3.05) is 44.4 Å². The highest BCUT2D eigenvalue weighted by atomic mass is 16.5. The lowest BCUT2D eigenvalue weighted by atomic mass is 9.82. The van der Waals surface area contributed by atoms with Crippen molar-refractivity contribution in [2.24, 2.45) is 11.3 Å². The van der Waals surface area contributed by atoms with Gasteiger partial charge in [-0.05, 0) is 12.1 Å². The average molecular weight is 359 g/mol. The van der Waals surface area contributed by atoms with Crippen molar-refractivity contribution in [3.63, 3.8) is 0 Å². The first-order valence-corrected chi connectivity index (χ1v) is 8.72. The van der Waals surface area contributed by atoms with Crippen LogP contribution in [0.5, 0.6) is 0 Å². The van der Waals surface area contributed by atoms with Crippen LogP contribution in [-0.4, -0.2) is 67.3 Å². The van der Waals surface area contributed by atoms with Crippen LogP contribution in [0.3, 0.4) is 0 Å². The number of aliphatic hydroxyl groups is 1. The zero-order chi connectivity index (χ0) is 18.3. The van der Waals surface area contributed by atoms with Crippen LogP contribution in [0.2, 0.25) is 0 Å². The molecule has 26 heavy (non-hydrogen) atoms. The Hall–Kier alpha value is -2.45. The Morgan fingerprint density at radius 3 is 2.88 bits per heavy atom. The fraction of sp³-hybridized carbons (Fsp3) is 0.500. The molecule has 0 unspecified atom stereocenters. The van der Waals surface area contributed by atoms with E-state index in [1.165, 1.54) is 4.90 Å². The Morgan fingerprint density at radius 2 is 2.15 bits per heavy atom. The molecule has 3 aliphatic rings. The van der Waals surface area contributed by atoms with Gasteiger partial charge in [0, 0.05) is 37.4 Å². The van der Waals surface area contributed by atoms with Gasteiger partial charge >= 0.3 is 6.03 Å². The number of aliphatic hydroxyl groups excluding tert-OH is 1. The molecule has 0 aliphatic carbocycles. The van der Waals surface area contributed by atoms with Crippen LogP contribution in [-0.2, 0) is 9.53 Å². The number of fused-ring (bicyclic) bond motifs is 1. The van der Waals surface area contributed by atoms with Crippen molar-refractivity contribution in [2.45, 2.75) is 6.42 Å². The molecule has 4 amide bonds. The molecule has 1 aromatic rings. The van der Waals surface area contributed by atoms with Gasteiger partial charge in [-0.15, -0.1) is 0 Å². The van der Waals surface area contributed by atoms with Crippen LogP contribution in [0.1, 0.15) is 16.8 Å². The van der Waals surface area contributed by atoms with E-state index in [9.17, 15) is 19.5 Å². The number of ether oxygens (including phenoxy) is 1. The highest BCUT2D eigenvalue weighted by Gasteiger charge is 2.51. The maximum absolute atomic E-state index is 13.1. The fourth-order valence-electron chi connectivity index (χ4n) is 4.06. The fourth-order valence-corrected chi connectivity index (χ4v) is 4.06. The number of nitrogens with zero attached hydrogens (tertiary/aromatic N) is 2. The Balaban J connectivity index is 1.60. The summed E-state index contributed by atoms with van der Waals surface area (Å²) in [5.74, 6) is -0.362. The molecule has 3 fully saturated rings. The van der Waals surface area contributed by atoms with Crippen molar-refractivity contribution in [3.05, 3.63) is 29.8 Å². The molecule has 0 spiro atoms. The molecule has 2 atom stereocenters. The van der Waals surface area contributed by atoms with Crippen molar-refractivity contribution in [1.82, 2.24) is 10.2 Å². The molecule has 3 saturated heterocycles. The van der Waals surface area contributed by atoms with Gasteiger partial charge in [0.15, 0.2) is 0 Å². The van der Waals surface area contributed by atoms with E-state index in [2.05, 4.69) is 5.32 Å². The molecule has 0 bridgehead atoms. The first-order valence-electron chi connectivity index (χ1n) is 8.72. The summed E-state index contributed by atoms with van der Waals surface area (Å²) in [5.41, 5.74) is 0.527. The molecule has 1 aromatic carbocycles. The lowest BCUT2D eigenvalue weighted by Gasteiger charge is -2.29. The predicted octanol–water partition coefficient (Wildman–Crippen LogP) is 0.214.